The van der Waals surface area contributed by atoms with Gasteiger partial charge in [-0.2, -0.15) is 0 Å². The number of nitrogen functional groups attached to an aromatic ring is 1. The van der Waals surface area contributed by atoms with Crippen molar-refractivity contribution >= 4 is 23.0 Å². The fourth-order valence-electron chi connectivity index (χ4n) is 1.15. The predicted molar refractivity (Wildman–Crippen MR) is 56.5 cm³/mol. The Balaban J connectivity index is 1.95. The Morgan fingerprint density at radius 1 is 1.71 bits per heavy atom. The number of thiophene rings is 1. The van der Waals surface area contributed by atoms with Gasteiger partial charge in [0.15, 0.2) is 0 Å². The molecular formula is C10H13NO2S. The molecule has 1 aliphatic carbocycles. The summed E-state index contributed by atoms with van der Waals surface area (Å²) in [5.41, 5.74) is 6.32. The maximum Gasteiger partial charge on any atom is 0.348 e. The first-order valence-electron chi connectivity index (χ1n) is 4.70. The molecule has 0 saturated heterocycles. The van der Waals surface area contributed by atoms with Gasteiger partial charge in [-0.05, 0) is 31.7 Å². The Kier molecular flexibility index (Phi) is 2.46. The Labute approximate surface area is 86.9 Å². The molecule has 2 N–H and O–H groups in total. The maximum absolute atomic E-state index is 11.5. The molecule has 1 aliphatic rings. The van der Waals surface area contributed by atoms with Gasteiger partial charge in [0.1, 0.15) is 4.88 Å². The maximum atomic E-state index is 11.5. The molecule has 0 atom stereocenters. The largest absolute Gasteiger partial charge is 0.461 e. The fraction of sp³-hybridized carbons (Fsp3) is 0.500. The van der Waals surface area contributed by atoms with Crippen molar-refractivity contribution < 1.29 is 9.53 Å². The van der Waals surface area contributed by atoms with Gasteiger partial charge in [0.25, 0.3) is 0 Å². The van der Waals surface area contributed by atoms with Crippen LogP contribution in [0.1, 0.15) is 27.4 Å². The van der Waals surface area contributed by atoms with E-state index < -0.39 is 0 Å². The third-order valence-corrected chi connectivity index (χ3v) is 3.35. The molecule has 0 amide bonds. The number of hydrogen-bond acceptors (Lipinski definition) is 4. The van der Waals surface area contributed by atoms with Crippen molar-refractivity contribution in [3.63, 3.8) is 0 Å². The molecule has 1 heterocycles. The molecular weight excluding hydrogens is 198 g/mol. The van der Waals surface area contributed by atoms with Gasteiger partial charge in [0.05, 0.1) is 6.61 Å². The summed E-state index contributed by atoms with van der Waals surface area (Å²) in [7, 11) is 0. The minimum absolute atomic E-state index is 0.235. The van der Waals surface area contributed by atoms with Crippen molar-refractivity contribution in [2.75, 3.05) is 12.3 Å². The van der Waals surface area contributed by atoms with Crippen LogP contribution in [-0.4, -0.2) is 12.6 Å². The zero-order valence-electron chi connectivity index (χ0n) is 8.08. The van der Waals surface area contributed by atoms with E-state index in [1.54, 1.807) is 6.07 Å². The van der Waals surface area contributed by atoms with Crippen LogP contribution >= 0.6 is 11.3 Å². The van der Waals surface area contributed by atoms with E-state index in [0.717, 1.165) is 4.88 Å². The molecule has 1 aromatic heterocycles. The molecule has 0 unspecified atom stereocenters. The second-order valence-electron chi connectivity index (χ2n) is 3.66. The molecule has 1 aromatic rings. The van der Waals surface area contributed by atoms with Crippen LogP contribution in [0.3, 0.4) is 0 Å². The molecule has 1 saturated carbocycles. The average molecular weight is 211 g/mol. The molecule has 3 nitrogen and oxygen atoms in total. The van der Waals surface area contributed by atoms with Crippen molar-refractivity contribution in [1.29, 1.82) is 0 Å². The lowest BCUT2D eigenvalue weighted by Crippen LogP contribution is -2.05. The second-order valence-corrected chi connectivity index (χ2v) is 4.92. The molecule has 0 bridgehead atoms. The lowest BCUT2D eigenvalue weighted by Gasteiger charge is -1.99. The topological polar surface area (TPSA) is 52.3 Å². The second kappa shape index (κ2) is 3.61. The molecule has 2 rings (SSSR count). The van der Waals surface area contributed by atoms with Crippen LogP contribution in [-0.2, 0) is 4.74 Å². The molecule has 0 spiro atoms. The summed E-state index contributed by atoms with van der Waals surface area (Å²) in [6.07, 6.45) is 2.39. The first-order valence-corrected chi connectivity index (χ1v) is 5.51. The summed E-state index contributed by atoms with van der Waals surface area (Å²) in [5.74, 6) is 0.374. The van der Waals surface area contributed by atoms with E-state index in [1.165, 1.54) is 24.2 Å². The molecule has 0 aromatic carbocycles. The highest BCUT2D eigenvalue weighted by Crippen LogP contribution is 2.30. The van der Waals surface area contributed by atoms with E-state index in [9.17, 15) is 4.79 Å². The normalized spacial score (nSPS) is 15.5. The van der Waals surface area contributed by atoms with Crippen LogP contribution in [0.4, 0.5) is 5.69 Å². The van der Waals surface area contributed by atoms with Crippen LogP contribution in [0, 0.1) is 12.8 Å². The number of hydrogen-bond donors (Lipinski definition) is 1. The Hall–Kier alpha value is -1.03. The monoisotopic (exact) mass is 211 g/mol. The van der Waals surface area contributed by atoms with Crippen molar-refractivity contribution in [1.82, 2.24) is 0 Å². The molecule has 14 heavy (non-hydrogen) atoms. The van der Waals surface area contributed by atoms with Crippen LogP contribution in [0.2, 0.25) is 0 Å². The highest BCUT2D eigenvalue weighted by Gasteiger charge is 2.23. The van der Waals surface area contributed by atoms with Crippen LogP contribution in [0.15, 0.2) is 6.07 Å². The Morgan fingerprint density at radius 2 is 2.43 bits per heavy atom. The van der Waals surface area contributed by atoms with Gasteiger partial charge in [-0.25, -0.2) is 4.79 Å². The third-order valence-electron chi connectivity index (χ3n) is 2.30. The number of ether oxygens (including phenoxy) is 1. The molecule has 1 fully saturated rings. The highest BCUT2D eigenvalue weighted by atomic mass is 32.1. The van der Waals surface area contributed by atoms with Gasteiger partial charge >= 0.3 is 5.97 Å². The minimum Gasteiger partial charge on any atom is -0.461 e. The number of carbonyl (C=O) groups excluding carboxylic acids is 1. The van der Waals surface area contributed by atoms with Gasteiger partial charge in [0, 0.05) is 10.6 Å². The number of anilines is 1. The van der Waals surface area contributed by atoms with Crippen molar-refractivity contribution in [2.45, 2.75) is 19.8 Å². The SMILES string of the molecule is Cc1sc(C(=O)OCC2CC2)cc1N. The first-order chi connectivity index (χ1) is 6.66. The Bertz CT molecular complexity index is 336. The van der Waals surface area contributed by atoms with Crippen molar-refractivity contribution in [2.24, 2.45) is 5.92 Å². The summed E-state index contributed by atoms with van der Waals surface area (Å²) in [4.78, 5) is 13.1. The van der Waals surface area contributed by atoms with E-state index in [1.807, 2.05) is 6.92 Å². The molecule has 4 heteroatoms. The van der Waals surface area contributed by atoms with Gasteiger partial charge in [-0.15, -0.1) is 11.3 Å². The molecule has 0 radical (unpaired) electrons. The minimum atomic E-state index is -0.235. The van der Waals surface area contributed by atoms with Gasteiger partial charge in [-0.3, -0.25) is 0 Å². The van der Waals surface area contributed by atoms with Crippen LogP contribution < -0.4 is 5.73 Å². The van der Waals surface area contributed by atoms with E-state index in [-0.39, 0.29) is 5.97 Å². The van der Waals surface area contributed by atoms with Crippen LogP contribution in [0.25, 0.3) is 0 Å². The van der Waals surface area contributed by atoms with Gasteiger partial charge < -0.3 is 10.5 Å². The summed E-state index contributed by atoms with van der Waals surface area (Å²) in [5, 5.41) is 0. The van der Waals surface area contributed by atoms with E-state index in [0.29, 0.717) is 23.1 Å². The smallest absolute Gasteiger partial charge is 0.348 e. The average Bonchev–Trinajstić information content (AvgIpc) is 2.91. The number of esters is 1. The van der Waals surface area contributed by atoms with E-state index in [4.69, 9.17) is 10.5 Å². The number of nitrogens with two attached hydrogens (primary N) is 1. The third kappa shape index (κ3) is 2.07. The van der Waals surface area contributed by atoms with Crippen molar-refractivity contribution in [3.8, 4) is 0 Å². The van der Waals surface area contributed by atoms with Crippen molar-refractivity contribution in [3.05, 3.63) is 15.8 Å². The zero-order chi connectivity index (χ0) is 10.1. The predicted octanol–water partition coefficient (Wildman–Crippen LogP) is 2.21. The first kappa shape index (κ1) is 9.52. The summed E-state index contributed by atoms with van der Waals surface area (Å²) >= 11 is 1.39. The quantitative estimate of drug-likeness (QED) is 0.780. The number of rotatable bonds is 3. The standard InChI is InChI=1S/C10H13NO2S/c1-6-8(11)4-9(14-6)10(12)13-5-7-2-3-7/h4,7H,2-3,5,11H2,1H3. The summed E-state index contributed by atoms with van der Waals surface area (Å²) < 4.78 is 5.14. The lowest BCUT2D eigenvalue weighted by atomic mass is 10.4. The zero-order valence-corrected chi connectivity index (χ0v) is 8.89. The van der Waals surface area contributed by atoms with E-state index in [2.05, 4.69) is 0 Å². The molecule has 76 valence electrons. The summed E-state index contributed by atoms with van der Waals surface area (Å²) in [6.45, 7) is 2.47. The lowest BCUT2D eigenvalue weighted by molar-refractivity contribution is 0.0492. The van der Waals surface area contributed by atoms with Gasteiger partial charge in [0.2, 0.25) is 0 Å². The van der Waals surface area contributed by atoms with Gasteiger partial charge in [-0.1, -0.05) is 0 Å². The Morgan fingerprint density at radius 3 is 2.93 bits per heavy atom. The summed E-state index contributed by atoms with van der Waals surface area (Å²) in [6, 6.07) is 1.69. The highest BCUT2D eigenvalue weighted by molar-refractivity contribution is 7.14. The van der Waals surface area contributed by atoms with E-state index >= 15 is 0 Å². The van der Waals surface area contributed by atoms with Crippen LogP contribution in [0.5, 0.6) is 0 Å². The number of aryl methyl sites for hydroxylation is 1. The number of carbonyl (C=O) groups is 1. The molecule has 0 aliphatic heterocycles. The fourth-order valence-corrected chi connectivity index (χ4v) is 1.98.